The van der Waals surface area contributed by atoms with Gasteiger partial charge in [-0.25, -0.2) is 4.79 Å². The van der Waals surface area contributed by atoms with Crippen LogP contribution in [0.5, 0.6) is 0 Å². The monoisotopic (exact) mass is 615 g/mol. The van der Waals surface area contributed by atoms with Gasteiger partial charge in [-0.2, -0.15) is 13.9 Å². The fourth-order valence-corrected chi connectivity index (χ4v) is 6.26. The quantitative estimate of drug-likeness (QED) is 0.0796. The number of H-pyrrole nitrogens is 1. The molecule has 2 amide bonds. The van der Waals surface area contributed by atoms with Crippen molar-refractivity contribution in [1.82, 2.24) is 24.6 Å². The molecule has 1 saturated heterocycles. The summed E-state index contributed by atoms with van der Waals surface area (Å²) in [6.45, 7) is 4.44. The number of aliphatic carboxylic acids is 2. The Bertz CT molecular complexity index is 1710. The van der Waals surface area contributed by atoms with E-state index in [1.165, 1.54) is 25.6 Å². The largest absolute Gasteiger partial charge is 0.543 e. The second kappa shape index (κ2) is 10.6. The molecule has 0 radical (unpaired) electrons. The molecule has 1 fully saturated rings. The topological polar surface area (TPSA) is 246 Å². The fourth-order valence-electron chi connectivity index (χ4n) is 4.49. The molecule has 16 nitrogen and oxygen atoms in total. The molecule has 18 heteroatoms. The number of carbonyl (C=O) groups is 4. The van der Waals surface area contributed by atoms with E-state index in [9.17, 15) is 29.4 Å². The molecule has 5 heterocycles. The van der Waals surface area contributed by atoms with Crippen LogP contribution in [0.1, 0.15) is 25.2 Å². The van der Waals surface area contributed by atoms with E-state index < -0.39 is 46.5 Å². The zero-order valence-electron chi connectivity index (χ0n) is 22.4. The SMILES string of the molecule is Cc1c(N)[nH]c2ccc[n+](CC3=C(C(=O)[O-])N4C(=O)C(NC(=O)/C(=N\OC(C)(C)C(=O)O)c5nsc(N)n5)C4SC3)c12. The molecule has 0 bridgehead atoms. The number of pyridine rings is 1. The molecule has 0 saturated carbocycles. The van der Waals surface area contributed by atoms with Gasteiger partial charge in [0.15, 0.2) is 17.9 Å². The zero-order valence-corrected chi connectivity index (χ0v) is 24.0. The summed E-state index contributed by atoms with van der Waals surface area (Å²) in [4.78, 5) is 63.3. The Balaban J connectivity index is 1.40. The van der Waals surface area contributed by atoms with Crippen molar-refractivity contribution in [3.63, 3.8) is 0 Å². The van der Waals surface area contributed by atoms with Crippen molar-refractivity contribution in [2.45, 2.75) is 44.3 Å². The highest BCUT2D eigenvalue weighted by atomic mass is 32.2. The number of fused-ring (bicyclic) bond motifs is 2. The number of carbonyl (C=O) groups excluding carboxylic acids is 3. The van der Waals surface area contributed by atoms with Gasteiger partial charge >= 0.3 is 5.97 Å². The summed E-state index contributed by atoms with van der Waals surface area (Å²) in [7, 11) is 0. The molecule has 3 aromatic rings. The van der Waals surface area contributed by atoms with Crippen LogP contribution < -0.4 is 26.5 Å². The summed E-state index contributed by atoms with van der Waals surface area (Å²) in [6, 6.07) is 2.51. The van der Waals surface area contributed by atoms with Crippen LogP contribution in [0.15, 0.2) is 34.8 Å². The summed E-state index contributed by atoms with van der Waals surface area (Å²) < 4.78 is 5.77. The number of oxime groups is 1. The van der Waals surface area contributed by atoms with Gasteiger partial charge in [-0.1, -0.05) is 5.16 Å². The fraction of sp³-hybridized carbons (Fsp3) is 0.333. The molecule has 2 atom stereocenters. The lowest BCUT2D eigenvalue weighted by molar-refractivity contribution is -0.663. The summed E-state index contributed by atoms with van der Waals surface area (Å²) in [5.41, 5.74) is 11.9. The standard InChI is InChI=1S/C24H25N9O7S2/c1-9-14-11(27-16(9)25)5-4-6-32(14)7-10-8-41-20-13(19(35)33(20)15(10)21(36)37)28-18(34)12(17-29-23(26)42-31-17)30-40-24(2,3)22(38)39/h4-6,13,20H,7-8H2,1-3H3,(H7,25,26,27,28,29,31,34,36,37,38,39)/b30-12-. The van der Waals surface area contributed by atoms with Gasteiger partial charge in [0.05, 0.1) is 17.2 Å². The van der Waals surface area contributed by atoms with E-state index in [0.717, 1.165) is 33.0 Å². The molecule has 0 aromatic carbocycles. The van der Waals surface area contributed by atoms with Gasteiger partial charge < -0.3 is 41.6 Å². The van der Waals surface area contributed by atoms with Crippen molar-refractivity contribution in [3.05, 3.63) is 41.0 Å². The number of aryl methyl sites for hydroxylation is 1. The second-order valence-corrected chi connectivity index (χ2v) is 11.9. The average Bonchev–Trinajstić information content (AvgIpc) is 3.49. The molecule has 7 N–H and O–H groups in total. The third-order valence-corrected chi connectivity index (χ3v) is 8.62. The maximum absolute atomic E-state index is 13.2. The minimum atomic E-state index is -1.80. The highest BCUT2D eigenvalue weighted by molar-refractivity contribution is 8.00. The van der Waals surface area contributed by atoms with Gasteiger partial charge in [0.25, 0.3) is 11.8 Å². The highest BCUT2D eigenvalue weighted by Crippen LogP contribution is 2.40. The number of hydrogen-bond acceptors (Lipinski definition) is 13. The normalized spacial score (nSPS) is 19.0. The number of nitrogens with zero attached hydrogens (tertiary/aromatic N) is 5. The number of nitrogens with one attached hydrogen (secondary N) is 2. The van der Waals surface area contributed by atoms with Gasteiger partial charge in [-0.3, -0.25) is 14.5 Å². The first-order valence-corrected chi connectivity index (χ1v) is 14.2. The van der Waals surface area contributed by atoms with Gasteiger partial charge in [0, 0.05) is 28.9 Å². The number of anilines is 2. The molecule has 2 unspecified atom stereocenters. The molecule has 42 heavy (non-hydrogen) atoms. The number of thioether (sulfide) groups is 1. The molecule has 0 aliphatic carbocycles. The molecule has 2 aliphatic rings. The van der Waals surface area contributed by atoms with E-state index in [4.69, 9.17) is 16.3 Å². The zero-order chi connectivity index (χ0) is 30.5. The lowest BCUT2D eigenvalue weighted by Gasteiger charge is -2.50. The van der Waals surface area contributed by atoms with Crippen molar-refractivity contribution < 1.29 is 38.8 Å². The average molecular weight is 616 g/mol. The number of rotatable bonds is 9. The Morgan fingerprint density at radius 1 is 1.38 bits per heavy atom. The predicted molar refractivity (Wildman–Crippen MR) is 148 cm³/mol. The van der Waals surface area contributed by atoms with Crippen LogP contribution in [0.4, 0.5) is 10.9 Å². The minimum Gasteiger partial charge on any atom is -0.543 e. The Kier molecular flexibility index (Phi) is 7.27. The van der Waals surface area contributed by atoms with Crippen LogP contribution in [0, 0.1) is 6.92 Å². The summed E-state index contributed by atoms with van der Waals surface area (Å²) >= 11 is 2.03. The Morgan fingerprint density at radius 3 is 2.76 bits per heavy atom. The molecule has 2 aliphatic heterocycles. The van der Waals surface area contributed by atoms with Crippen molar-refractivity contribution >= 4 is 74.7 Å². The predicted octanol–water partition coefficient (Wildman–Crippen LogP) is -1.53. The van der Waals surface area contributed by atoms with Crippen LogP contribution in [-0.2, 0) is 30.6 Å². The van der Waals surface area contributed by atoms with Crippen molar-refractivity contribution in [2.75, 3.05) is 17.2 Å². The number of β-lactam (4-membered cyclic amide) rings is 1. The van der Waals surface area contributed by atoms with Gasteiger partial charge in [0.2, 0.25) is 22.7 Å². The van der Waals surface area contributed by atoms with E-state index in [0.29, 0.717) is 11.4 Å². The maximum atomic E-state index is 13.2. The van der Waals surface area contributed by atoms with Crippen LogP contribution >= 0.6 is 23.3 Å². The van der Waals surface area contributed by atoms with Crippen LogP contribution in [0.25, 0.3) is 11.0 Å². The molecule has 5 rings (SSSR count). The third kappa shape index (κ3) is 4.98. The van der Waals surface area contributed by atoms with Crippen LogP contribution in [-0.4, -0.2) is 76.6 Å². The lowest BCUT2D eigenvalue weighted by Crippen LogP contribution is -2.71. The number of hydrogen-bond donors (Lipinski definition) is 5. The minimum absolute atomic E-state index is 0.0130. The first-order valence-electron chi connectivity index (χ1n) is 12.3. The number of carboxylic acid groups (broad SMARTS) is 2. The Morgan fingerprint density at radius 2 is 2.12 bits per heavy atom. The van der Waals surface area contributed by atoms with Gasteiger partial charge in [-0.15, -0.1) is 11.8 Å². The summed E-state index contributed by atoms with van der Waals surface area (Å²) in [6.07, 6.45) is 1.79. The van der Waals surface area contributed by atoms with E-state index in [1.807, 2.05) is 17.6 Å². The maximum Gasteiger partial charge on any atom is 0.350 e. The van der Waals surface area contributed by atoms with Crippen molar-refractivity contribution in [1.29, 1.82) is 0 Å². The smallest absolute Gasteiger partial charge is 0.350 e. The number of nitrogen functional groups attached to an aromatic ring is 2. The van der Waals surface area contributed by atoms with Gasteiger partial charge in [-0.05, 0) is 26.8 Å². The summed E-state index contributed by atoms with van der Waals surface area (Å²) in [5, 5.41) is 27.0. The number of aromatic nitrogens is 4. The first kappa shape index (κ1) is 28.8. The molecular formula is C24H25N9O7S2. The first-order chi connectivity index (χ1) is 19.8. The molecular weight excluding hydrogens is 590 g/mol. The third-order valence-electron chi connectivity index (χ3n) is 6.74. The Labute approximate surface area is 245 Å². The Hall–Kier alpha value is -4.71. The number of carboxylic acids is 2. The molecule has 0 spiro atoms. The van der Waals surface area contributed by atoms with E-state index in [-0.39, 0.29) is 29.0 Å². The summed E-state index contributed by atoms with van der Waals surface area (Å²) in [5.74, 6) is -4.01. The highest BCUT2D eigenvalue weighted by Gasteiger charge is 2.53. The van der Waals surface area contributed by atoms with Crippen molar-refractivity contribution in [2.24, 2.45) is 5.16 Å². The molecule has 3 aromatic heterocycles. The molecule has 220 valence electrons. The van der Waals surface area contributed by atoms with E-state index >= 15 is 0 Å². The van der Waals surface area contributed by atoms with Gasteiger partial charge in [0.1, 0.15) is 22.8 Å². The number of amides is 2. The van der Waals surface area contributed by atoms with E-state index in [2.05, 4.69) is 24.8 Å². The van der Waals surface area contributed by atoms with Crippen molar-refractivity contribution in [3.8, 4) is 0 Å². The number of nitrogens with two attached hydrogens (primary N) is 2. The van der Waals surface area contributed by atoms with Crippen LogP contribution in [0.2, 0.25) is 0 Å². The number of aromatic amines is 1. The second-order valence-electron chi connectivity index (χ2n) is 9.97. The lowest BCUT2D eigenvalue weighted by atomic mass is 10.0. The van der Waals surface area contributed by atoms with E-state index in [1.54, 1.807) is 12.3 Å². The van der Waals surface area contributed by atoms with Crippen LogP contribution in [0.3, 0.4) is 0 Å².